The molecule has 0 atom stereocenters. The Kier molecular flexibility index (Phi) is 5.42. The van der Waals surface area contributed by atoms with Crippen molar-refractivity contribution in [1.82, 2.24) is 29.5 Å². The zero-order valence-corrected chi connectivity index (χ0v) is 19.7. The van der Waals surface area contributed by atoms with E-state index in [0.29, 0.717) is 12.1 Å². The van der Waals surface area contributed by atoms with Crippen molar-refractivity contribution in [3.63, 3.8) is 0 Å². The highest BCUT2D eigenvalue weighted by Gasteiger charge is 2.14. The predicted molar refractivity (Wildman–Crippen MR) is 132 cm³/mol. The minimum atomic E-state index is 0.629. The first kappa shape index (κ1) is 21.5. The zero-order chi connectivity index (χ0) is 23.8. The van der Waals surface area contributed by atoms with Crippen LogP contribution in [0, 0.1) is 25.2 Å². The highest BCUT2D eigenvalue weighted by atomic mass is 15.4. The molecular formula is C27H25N7. The summed E-state index contributed by atoms with van der Waals surface area (Å²) in [7, 11) is 1.84. The number of pyridine rings is 1. The van der Waals surface area contributed by atoms with Gasteiger partial charge in [-0.2, -0.15) is 5.26 Å². The molecule has 0 N–H and O–H groups in total. The van der Waals surface area contributed by atoms with Gasteiger partial charge in [0.15, 0.2) is 5.65 Å². The molecule has 3 aromatic heterocycles. The summed E-state index contributed by atoms with van der Waals surface area (Å²) in [6.07, 6.45) is 2.71. The molecule has 0 fully saturated rings. The van der Waals surface area contributed by atoms with E-state index in [-0.39, 0.29) is 0 Å². The van der Waals surface area contributed by atoms with Crippen LogP contribution >= 0.6 is 0 Å². The van der Waals surface area contributed by atoms with Crippen molar-refractivity contribution in [2.75, 3.05) is 0 Å². The van der Waals surface area contributed by atoms with Crippen molar-refractivity contribution in [3.05, 3.63) is 82.9 Å². The van der Waals surface area contributed by atoms with Crippen LogP contribution in [0.5, 0.6) is 0 Å². The normalized spacial score (nSPS) is 11.1. The van der Waals surface area contributed by atoms with Crippen molar-refractivity contribution in [2.24, 2.45) is 7.05 Å². The number of rotatable bonds is 5. The molecule has 0 saturated carbocycles. The van der Waals surface area contributed by atoms with E-state index in [2.05, 4.69) is 65.1 Å². The molecule has 0 aliphatic carbocycles. The highest BCUT2D eigenvalue weighted by Crippen LogP contribution is 2.29. The molecule has 34 heavy (non-hydrogen) atoms. The quantitative estimate of drug-likeness (QED) is 0.379. The van der Waals surface area contributed by atoms with Gasteiger partial charge >= 0.3 is 0 Å². The smallest absolute Gasteiger partial charge is 0.160 e. The van der Waals surface area contributed by atoms with Crippen LogP contribution in [-0.4, -0.2) is 29.5 Å². The van der Waals surface area contributed by atoms with Crippen LogP contribution in [0.3, 0.4) is 0 Å². The van der Waals surface area contributed by atoms with E-state index in [9.17, 15) is 5.26 Å². The monoisotopic (exact) mass is 447 g/mol. The molecule has 0 spiro atoms. The molecule has 5 aromatic rings. The van der Waals surface area contributed by atoms with E-state index in [4.69, 9.17) is 9.97 Å². The summed E-state index contributed by atoms with van der Waals surface area (Å²) in [5, 5.41) is 17.9. The fraction of sp³-hybridized carbons (Fsp3) is 0.222. The van der Waals surface area contributed by atoms with Crippen LogP contribution in [0.1, 0.15) is 35.1 Å². The summed E-state index contributed by atoms with van der Waals surface area (Å²) in [6, 6.07) is 18.5. The Bertz CT molecular complexity index is 1550. The lowest BCUT2D eigenvalue weighted by Crippen LogP contribution is -2.05. The zero-order valence-electron chi connectivity index (χ0n) is 19.7. The van der Waals surface area contributed by atoms with Gasteiger partial charge < -0.3 is 4.57 Å². The Morgan fingerprint density at radius 1 is 0.971 bits per heavy atom. The number of imidazole rings is 1. The van der Waals surface area contributed by atoms with E-state index in [1.807, 2.05) is 38.4 Å². The Morgan fingerprint density at radius 3 is 2.41 bits per heavy atom. The van der Waals surface area contributed by atoms with Gasteiger partial charge in [-0.3, -0.25) is 4.68 Å². The van der Waals surface area contributed by atoms with Crippen LogP contribution in [0.25, 0.3) is 33.5 Å². The van der Waals surface area contributed by atoms with Crippen molar-refractivity contribution >= 4 is 11.2 Å². The van der Waals surface area contributed by atoms with Crippen LogP contribution in [-0.2, 0) is 20.0 Å². The summed E-state index contributed by atoms with van der Waals surface area (Å²) < 4.78 is 3.88. The first-order valence-corrected chi connectivity index (χ1v) is 11.3. The minimum absolute atomic E-state index is 0.629. The number of hydrogen-bond acceptors (Lipinski definition) is 5. The van der Waals surface area contributed by atoms with Gasteiger partial charge in [-0.1, -0.05) is 42.5 Å². The molecule has 168 valence electrons. The second-order valence-electron chi connectivity index (χ2n) is 8.57. The molecule has 7 nitrogen and oxygen atoms in total. The molecule has 3 heterocycles. The molecule has 0 saturated heterocycles. The van der Waals surface area contributed by atoms with E-state index in [0.717, 1.165) is 62.6 Å². The van der Waals surface area contributed by atoms with Crippen molar-refractivity contribution in [2.45, 2.75) is 33.7 Å². The number of benzene rings is 2. The van der Waals surface area contributed by atoms with Crippen LogP contribution < -0.4 is 0 Å². The summed E-state index contributed by atoms with van der Waals surface area (Å²) in [5.74, 6) is 1.03. The lowest BCUT2D eigenvalue weighted by molar-refractivity contribution is 0.715. The van der Waals surface area contributed by atoms with Gasteiger partial charge in [0, 0.05) is 30.3 Å². The molecule has 0 radical (unpaired) electrons. The third-order valence-corrected chi connectivity index (χ3v) is 6.06. The van der Waals surface area contributed by atoms with E-state index in [1.54, 1.807) is 4.68 Å². The van der Waals surface area contributed by atoms with Gasteiger partial charge in [0.1, 0.15) is 17.0 Å². The average Bonchev–Trinajstić information content (AvgIpc) is 3.43. The topological polar surface area (TPSA) is 85.2 Å². The second-order valence-corrected chi connectivity index (χ2v) is 8.57. The largest absolute Gasteiger partial charge is 0.308 e. The molecule has 0 aliphatic rings. The molecular weight excluding hydrogens is 422 g/mol. The number of hydrogen-bond donors (Lipinski definition) is 0. The lowest BCUT2D eigenvalue weighted by atomic mass is 9.96. The van der Waals surface area contributed by atoms with E-state index < -0.39 is 0 Å². The highest BCUT2D eigenvalue weighted by molar-refractivity contribution is 5.77. The number of nitrogens with zero attached hydrogens (tertiary/aromatic N) is 7. The van der Waals surface area contributed by atoms with Gasteiger partial charge in [-0.05, 0) is 48.7 Å². The maximum Gasteiger partial charge on any atom is 0.160 e. The first-order chi connectivity index (χ1) is 16.5. The molecule has 0 bridgehead atoms. The Hall–Kier alpha value is -4.31. The SMILES string of the molecule is CCc1nc2c(C)cc(C)nc2n1Cc1ccc(-c2cc(-c3cn(C)nn3)ccc2C#N)cc1. The fourth-order valence-electron chi connectivity index (χ4n) is 4.38. The van der Waals surface area contributed by atoms with Gasteiger partial charge in [-0.15, -0.1) is 5.10 Å². The third-order valence-electron chi connectivity index (χ3n) is 6.06. The Labute approximate surface area is 198 Å². The number of fused-ring (bicyclic) bond motifs is 1. The number of aromatic nitrogens is 6. The summed E-state index contributed by atoms with van der Waals surface area (Å²) in [6.45, 7) is 6.92. The standard InChI is InChI=1S/C27H25N7/c1-5-25-30-26-17(2)12-18(3)29-27(26)34(25)15-19-6-8-20(9-7-19)23-13-21(10-11-22(23)14-28)24-16-33(4)32-31-24/h6-13,16H,5,15H2,1-4H3. The summed E-state index contributed by atoms with van der Waals surface area (Å²) >= 11 is 0. The van der Waals surface area contributed by atoms with Crippen molar-refractivity contribution < 1.29 is 0 Å². The van der Waals surface area contributed by atoms with Crippen LogP contribution in [0.2, 0.25) is 0 Å². The number of aryl methyl sites for hydroxylation is 4. The molecule has 0 amide bonds. The van der Waals surface area contributed by atoms with E-state index in [1.165, 1.54) is 0 Å². The summed E-state index contributed by atoms with van der Waals surface area (Å²) in [4.78, 5) is 9.63. The average molecular weight is 448 g/mol. The molecule has 5 rings (SSSR count). The Morgan fingerprint density at radius 2 is 1.74 bits per heavy atom. The Balaban J connectivity index is 1.50. The first-order valence-electron chi connectivity index (χ1n) is 11.3. The second kappa shape index (κ2) is 8.56. The molecule has 0 aliphatic heterocycles. The molecule has 0 unspecified atom stereocenters. The van der Waals surface area contributed by atoms with Crippen LogP contribution in [0.15, 0.2) is 54.7 Å². The van der Waals surface area contributed by atoms with Gasteiger partial charge in [-0.25, -0.2) is 9.97 Å². The van der Waals surface area contributed by atoms with Crippen LogP contribution in [0.4, 0.5) is 0 Å². The predicted octanol–water partition coefficient (Wildman–Crippen LogP) is 4.99. The lowest BCUT2D eigenvalue weighted by Gasteiger charge is -2.11. The fourth-order valence-corrected chi connectivity index (χ4v) is 4.38. The van der Waals surface area contributed by atoms with Gasteiger partial charge in [0.25, 0.3) is 0 Å². The van der Waals surface area contributed by atoms with Gasteiger partial charge in [0.05, 0.1) is 24.4 Å². The molecule has 2 aromatic carbocycles. The maximum absolute atomic E-state index is 9.67. The van der Waals surface area contributed by atoms with Gasteiger partial charge in [0.2, 0.25) is 0 Å². The van der Waals surface area contributed by atoms with Crippen molar-refractivity contribution in [3.8, 4) is 28.5 Å². The maximum atomic E-state index is 9.67. The minimum Gasteiger partial charge on any atom is -0.308 e. The van der Waals surface area contributed by atoms with E-state index >= 15 is 0 Å². The molecule has 7 heteroatoms. The van der Waals surface area contributed by atoms with Crippen molar-refractivity contribution in [1.29, 1.82) is 5.26 Å². The summed E-state index contributed by atoms with van der Waals surface area (Å²) in [5.41, 5.74) is 9.42. The third kappa shape index (κ3) is 3.84. The number of nitriles is 1.